The Labute approximate surface area is 142 Å². The number of carbonyl (C=O) groups is 1. The molecule has 1 aromatic carbocycles. The summed E-state index contributed by atoms with van der Waals surface area (Å²) < 4.78 is 0. The monoisotopic (exact) mass is 321 g/mol. The summed E-state index contributed by atoms with van der Waals surface area (Å²) in [5.41, 5.74) is 2.06. The Hall–Kier alpha value is -1.55. The maximum atomic E-state index is 11.4. The third kappa shape index (κ3) is 12.7. The molecule has 4 heteroatoms. The lowest BCUT2D eigenvalue weighted by Gasteiger charge is -2.10. The molecule has 2 amide bonds. The largest absolute Gasteiger partial charge is 0.336 e. The summed E-state index contributed by atoms with van der Waals surface area (Å²) in [4.78, 5) is 11.4. The second-order valence-electron chi connectivity index (χ2n) is 5.91. The van der Waals surface area contributed by atoms with E-state index in [2.05, 4.69) is 36.7 Å². The maximum Gasteiger partial charge on any atom is 0.319 e. The van der Waals surface area contributed by atoms with Gasteiger partial charge in [0.2, 0.25) is 0 Å². The number of hydrogen-bond donors (Lipinski definition) is 3. The highest BCUT2D eigenvalue weighted by molar-refractivity contribution is 5.89. The number of anilines is 1. The average Bonchev–Trinajstić information content (AvgIpc) is 2.51. The Kier molecular flexibility index (Phi) is 13.1. The number of rotatable bonds is 8. The highest BCUT2D eigenvalue weighted by atomic mass is 16.2. The van der Waals surface area contributed by atoms with Crippen LogP contribution in [0.3, 0.4) is 0 Å². The molecule has 0 atom stereocenters. The average molecular weight is 322 g/mol. The molecule has 23 heavy (non-hydrogen) atoms. The summed E-state index contributed by atoms with van der Waals surface area (Å²) in [7, 11) is 0. The van der Waals surface area contributed by atoms with E-state index in [-0.39, 0.29) is 12.1 Å². The van der Waals surface area contributed by atoms with Crippen LogP contribution < -0.4 is 16.0 Å². The van der Waals surface area contributed by atoms with Crippen molar-refractivity contribution < 1.29 is 4.79 Å². The fraction of sp³-hybridized carbons (Fsp3) is 0.632. The molecule has 0 spiro atoms. The molecule has 0 aliphatic rings. The van der Waals surface area contributed by atoms with Crippen LogP contribution in [0, 0.1) is 0 Å². The molecule has 1 rings (SSSR count). The summed E-state index contributed by atoms with van der Waals surface area (Å²) in [5.74, 6) is 0. The lowest BCUT2D eigenvalue weighted by molar-refractivity contribution is 0.250. The van der Waals surface area contributed by atoms with Crippen LogP contribution in [-0.2, 0) is 6.42 Å². The first kappa shape index (κ1) is 21.4. The van der Waals surface area contributed by atoms with E-state index in [9.17, 15) is 4.79 Å². The molecule has 4 nitrogen and oxygen atoms in total. The molecule has 0 fully saturated rings. The Bertz CT molecular complexity index is 413. The first-order chi connectivity index (χ1) is 11.0. The Balaban J connectivity index is 0.000000515. The summed E-state index contributed by atoms with van der Waals surface area (Å²) in [6.07, 6.45) is 4.85. The van der Waals surface area contributed by atoms with E-state index in [4.69, 9.17) is 0 Å². The molecular weight excluding hydrogens is 286 g/mol. The van der Waals surface area contributed by atoms with Gasteiger partial charge in [0, 0.05) is 11.7 Å². The number of amides is 2. The second-order valence-corrected chi connectivity index (χ2v) is 5.91. The molecule has 132 valence electrons. The molecule has 0 aliphatic heterocycles. The number of hydrogen-bond acceptors (Lipinski definition) is 2. The maximum absolute atomic E-state index is 11.4. The molecule has 0 radical (unpaired) electrons. The zero-order valence-corrected chi connectivity index (χ0v) is 15.5. The first-order valence-electron chi connectivity index (χ1n) is 8.90. The van der Waals surface area contributed by atoms with E-state index in [1.165, 1.54) is 37.9 Å². The minimum atomic E-state index is -0.154. The minimum absolute atomic E-state index is 0.152. The van der Waals surface area contributed by atoms with Gasteiger partial charge >= 0.3 is 6.03 Å². The number of aryl methyl sites for hydroxylation is 1. The topological polar surface area (TPSA) is 53.2 Å². The molecule has 0 unspecified atom stereocenters. The minimum Gasteiger partial charge on any atom is -0.336 e. The highest BCUT2D eigenvalue weighted by Crippen LogP contribution is 2.10. The van der Waals surface area contributed by atoms with Gasteiger partial charge in [0.05, 0.1) is 0 Å². The number of nitrogens with one attached hydrogen (secondary N) is 3. The molecular formula is C19H35N3O. The fourth-order valence-electron chi connectivity index (χ4n) is 1.90. The number of benzene rings is 1. The highest BCUT2D eigenvalue weighted by Gasteiger charge is 2.02. The molecule has 0 saturated heterocycles. The first-order valence-corrected chi connectivity index (χ1v) is 8.90. The quantitative estimate of drug-likeness (QED) is 0.615. The van der Waals surface area contributed by atoms with Crippen LogP contribution in [0.1, 0.15) is 59.4 Å². The summed E-state index contributed by atoms with van der Waals surface area (Å²) >= 11 is 0. The zero-order valence-electron chi connectivity index (χ0n) is 15.5. The van der Waals surface area contributed by atoms with E-state index < -0.39 is 0 Å². The van der Waals surface area contributed by atoms with Crippen molar-refractivity contribution in [2.45, 2.75) is 66.3 Å². The smallest absolute Gasteiger partial charge is 0.319 e. The molecule has 0 saturated carbocycles. The fourth-order valence-corrected chi connectivity index (χ4v) is 1.90. The van der Waals surface area contributed by atoms with E-state index in [0.29, 0.717) is 0 Å². The molecule has 0 aliphatic carbocycles. The van der Waals surface area contributed by atoms with Gasteiger partial charge in [0.1, 0.15) is 0 Å². The molecule has 3 N–H and O–H groups in total. The zero-order chi connectivity index (χ0) is 17.5. The van der Waals surface area contributed by atoms with Crippen molar-refractivity contribution >= 4 is 11.7 Å². The van der Waals surface area contributed by atoms with Gasteiger partial charge in [-0.2, -0.15) is 0 Å². The Morgan fingerprint density at radius 1 is 1.09 bits per heavy atom. The van der Waals surface area contributed by atoms with Crippen LogP contribution in [0.2, 0.25) is 0 Å². The van der Waals surface area contributed by atoms with Crippen LogP contribution in [0.15, 0.2) is 24.3 Å². The van der Waals surface area contributed by atoms with Crippen LogP contribution in [0.25, 0.3) is 0 Å². The SMILES string of the molecule is CCCCNCCC.CCc1cccc(NC(=O)NC(C)C)c1. The van der Waals surface area contributed by atoms with Crippen molar-refractivity contribution in [1.29, 1.82) is 0 Å². The van der Waals surface area contributed by atoms with Gasteiger partial charge < -0.3 is 16.0 Å². The van der Waals surface area contributed by atoms with Gasteiger partial charge in [-0.25, -0.2) is 4.79 Å². The lowest BCUT2D eigenvalue weighted by Crippen LogP contribution is -2.34. The van der Waals surface area contributed by atoms with E-state index in [1.54, 1.807) is 0 Å². The van der Waals surface area contributed by atoms with Crippen molar-refractivity contribution in [3.05, 3.63) is 29.8 Å². The van der Waals surface area contributed by atoms with Crippen LogP contribution >= 0.6 is 0 Å². The van der Waals surface area contributed by atoms with Gasteiger partial charge in [-0.05, 0) is 63.9 Å². The number of unbranched alkanes of at least 4 members (excludes halogenated alkanes) is 1. The number of urea groups is 1. The summed E-state index contributed by atoms with van der Waals surface area (Å²) in [6, 6.07) is 7.87. The summed E-state index contributed by atoms with van der Waals surface area (Å²) in [5, 5.41) is 8.91. The van der Waals surface area contributed by atoms with Crippen molar-refractivity contribution in [1.82, 2.24) is 10.6 Å². The van der Waals surface area contributed by atoms with Crippen LogP contribution in [0.4, 0.5) is 10.5 Å². The number of carbonyl (C=O) groups excluding carboxylic acids is 1. The van der Waals surface area contributed by atoms with Gasteiger partial charge in [-0.1, -0.05) is 39.3 Å². The molecule has 0 bridgehead atoms. The normalized spacial score (nSPS) is 10.0. The van der Waals surface area contributed by atoms with E-state index in [0.717, 1.165) is 12.1 Å². The molecule has 0 aromatic heterocycles. The standard InChI is InChI=1S/C12H18N2O.C7H17N/c1-4-10-6-5-7-11(8-10)14-12(15)13-9(2)3;1-3-5-7-8-6-4-2/h5-9H,4H2,1-3H3,(H2,13,14,15);8H,3-7H2,1-2H3. The van der Waals surface area contributed by atoms with Gasteiger partial charge in [0.15, 0.2) is 0 Å². The lowest BCUT2D eigenvalue weighted by atomic mass is 10.1. The summed E-state index contributed by atoms with van der Waals surface area (Å²) in [6.45, 7) is 12.7. The third-order valence-electron chi connectivity index (χ3n) is 3.15. The van der Waals surface area contributed by atoms with Crippen molar-refractivity contribution in [3.8, 4) is 0 Å². The predicted octanol–water partition coefficient (Wildman–Crippen LogP) is 4.57. The Morgan fingerprint density at radius 3 is 2.39 bits per heavy atom. The second kappa shape index (κ2) is 14.1. The predicted molar refractivity (Wildman–Crippen MR) is 101 cm³/mol. The van der Waals surface area contributed by atoms with Crippen LogP contribution in [0.5, 0.6) is 0 Å². The van der Waals surface area contributed by atoms with Crippen LogP contribution in [-0.4, -0.2) is 25.2 Å². The third-order valence-corrected chi connectivity index (χ3v) is 3.15. The molecule has 1 aromatic rings. The van der Waals surface area contributed by atoms with Gasteiger partial charge in [0.25, 0.3) is 0 Å². The van der Waals surface area contributed by atoms with Crippen molar-refractivity contribution in [3.63, 3.8) is 0 Å². The van der Waals surface area contributed by atoms with Gasteiger partial charge in [-0.15, -0.1) is 0 Å². The van der Waals surface area contributed by atoms with E-state index >= 15 is 0 Å². The van der Waals surface area contributed by atoms with Gasteiger partial charge in [-0.3, -0.25) is 0 Å². The Morgan fingerprint density at radius 2 is 1.83 bits per heavy atom. The molecule has 0 heterocycles. The van der Waals surface area contributed by atoms with E-state index in [1.807, 2.05) is 38.1 Å². The van der Waals surface area contributed by atoms with Crippen molar-refractivity contribution in [2.24, 2.45) is 0 Å². The van der Waals surface area contributed by atoms with Crippen molar-refractivity contribution in [2.75, 3.05) is 18.4 Å².